The Balaban J connectivity index is 2.03. The molecule has 0 aliphatic rings. The van der Waals surface area contributed by atoms with Gasteiger partial charge in [0.1, 0.15) is 0 Å². The molecule has 34 heavy (non-hydrogen) atoms. The van der Waals surface area contributed by atoms with Gasteiger partial charge in [-0.3, -0.25) is 0 Å². The van der Waals surface area contributed by atoms with E-state index < -0.39 is 52.1 Å². The summed E-state index contributed by atoms with van der Waals surface area (Å²) in [7, 11) is 0. The molecule has 0 radical (unpaired) electrons. The van der Waals surface area contributed by atoms with Gasteiger partial charge in [0.25, 0.3) is 0 Å². The van der Waals surface area contributed by atoms with Crippen LogP contribution in [0.3, 0.4) is 0 Å². The van der Waals surface area contributed by atoms with Crippen LogP contribution in [0, 0.1) is 46.5 Å². The minimum absolute atomic E-state index is 0.0598. The number of rotatable bonds is 2. The van der Waals surface area contributed by atoms with Crippen LogP contribution in [-0.4, -0.2) is 0 Å². The monoisotopic (exact) mass is 474 g/mol. The first kappa shape index (κ1) is 21.9. The zero-order valence-electron chi connectivity index (χ0n) is 16.8. The van der Waals surface area contributed by atoms with Gasteiger partial charge < -0.3 is 0 Å². The van der Waals surface area contributed by atoms with E-state index in [0.29, 0.717) is 0 Å². The molecule has 0 saturated carbocycles. The highest BCUT2D eigenvalue weighted by Gasteiger charge is 2.29. The highest BCUT2D eigenvalue weighted by atomic mass is 19.2. The van der Waals surface area contributed by atoms with Gasteiger partial charge in [0.15, 0.2) is 40.7 Å². The van der Waals surface area contributed by atoms with Gasteiger partial charge in [-0.05, 0) is 44.8 Å². The zero-order chi connectivity index (χ0) is 24.3. The molecule has 0 fully saturated rings. The van der Waals surface area contributed by atoms with Crippen LogP contribution in [0.15, 0.2) is 60.7 Å². The highest BCUT2D eigenvalue weighted by molar-refractivity contribution is 6.21. The molecular formula is C26H10F8. The number of halogens is 8. The molecule has 8 heteroatoms. The Morgan fingerprint density at radius 3 is 1.12 bits per heavy atom. The van der Waals surface area contributed by atoms with E-state index >= 15 is 0 Å². The summed E-state index contributed by atoms with van der Waals surface area (Å²) in [6, 6.07) is 13.2. The minimum atomic E-state index is -2.29. The van der Waals surface area contributed by atoms with Crippen molar-refractivity contribution < 1.29 is 35.1 Å². The molecule has 0 aromatic heterocycles. The van der Waals surface area contributed by atoms with Crippen LogP contribution in [0.25, 0.3) is 43.8 Å². The molecule has 0 spiro atoms. The highest BCUT2D eigenvalue weighted by Crippen LogP contribution is 2.46. The van der Waals surface area contributed by atoms with E-state index in [1.54, 1.807) is 0 Å². The first-order chi connectivity index (χ1) is 16.2. The second-order valence-electron chi connectivity index (χ2n) is 7.54. The predicted octanol–water partition coefficient (Wildman–Crippen LogP) is 8.44. The van der Waals surface area contributed by atoms with Crippen LogP contribution in [0.5, 0.6) is 0 Å². The average Bonchev–Trinajstić information content (AvgIpc) is 2.84. The van der Waals surface area contributed by atoms with Gasteiger partial charge >= 0.3 is 0 Å². The van der Waals surface area contributed by atoms with E-state index in [1.807, 2.05) is 0 Å². The molecule has 0 atom stereocenters. The fraction of sp³-hybridized carbons (Fsp3) is 0. The molecule has 5 rings (SSSR count). The van der Waals surface area contributed by atoms with Gasteiger partial charge in [0, 0.05) is 5.56 Å². The van der Waals surface area contributed by atoms with E-state index in [1.165, 1.54) is 48.5 Å². The van der Waals surface area contributed by atoms with Crippen molar-refractivity contribution in [2.45, 2.75) is 0 Å². The van der Waals surface area contributed by atoms with Crippen molar-refractivity contribution in [2.24, 2.45) is 0 Å². The molecule has 0 N–H and O–H groups in total. The van der Waals surface area contributed by atoms with Gasteiger partial charge in [-0.1, -0.05) is 48.5 Å². The molecule has 0 bridgehead atoms. The SMILES string of the molecule is Fc1cc(-c2c3ccccc3c(-c3c(F)c(F)c(F)c(F)c3F)c3ccccc23)cc(F)c1F. The largest absolute Gasteiger partial charge is 0.204 e. The first-order valence-electron chi connectivity index (χ1n) is 9.82. The third kappa shape index (κ3) is 3.05. The molecule has 0 heterocycles. The van der Waals surface area contributed by atoms with E-state index in [4.69, 9.17) is 0 Å². The third-order valence-electron chi connectivity index (χ3n) is 5.66. The van der Waals surface area contributed by atoms with Crippen LogP contribution in [0.2, 0.25) is 0 Å². The second-order valence-corrected chi connectivity index (χ2v) is 7.54. The summed E-state index contributed by atoms with van der Waals surface area (Å²) in [5.41, 5.74) is -1.30. The summed E-state index contributed by atoms with van der Waals surface area (Å²) in [5, 5.41) is 0.519. The molecule has 0 aliphatic heterocycles. The Labute approximate surface area is 186 Å². The average molecular weight is 474 g/mol. The second kappa shape index (κ2) is 7.83. The van der Waals surface area contributed by atoms with Crippen molar-refractivity contribution in [1.29, 1.82) is 0 Å². The maximum Gasteiger partial charge on any atom is 0.200 e. The van der Waals surface area contributed by atoms with Crippen molar-refractivity contribution in [1.82, 2.24) is 0 Å². The Bertz CT molecular complexity index is 1530. The van der Waals surface area contributed by atoms with Crippen LogP contribution in [0.4, 0.5) is 35.1 Å². The van der Waals surface area contributed by atoms with Crippen LogP contribution >= 0.6 is 0 Å². The summed E-state index contributed by atoms with van der Waals surface area (Å²) in [4.78, 5) is 0. The van der Waals surface area contributed by atoms with E-state index in [9.17, 15) is 35.1 Å². The lowest BCUT2D eigenvalue weighted by molar-refractivity contribution is 0.381. The lowest BCUT2D eigenvalue weighted by Gasteiger charge is -2.19. The summed E-state index contributed by atoms with van der Waals surface area (Å²) in [5.74, 6) is -15.1. The molecular weight excluding hydrogens is 464 g/mol. The van der Waals surface area contributed by atoms with Crippen LogP contribution < -0.4 is 0 Å². The van der Waals surface area contributed by atoms with Crippen LogP contribution in [-0.2, 0) is 0 Å². The minimum Gasteiger partial charge on any atom is -0.204 e. The molecule has 5 aromatic carbocycles. The lowest BCUT2D eigenvalue weighted by atomic mass is 9.85. The molecule has 0 amide bonds. The van der Waals surface area contributed by atoms with Gasteiger partial charge in [-0.2, -0.15) is 0 Å². The fourth-order valence-electron chi connectivity index (χ4n) is 4.23. The number of hydrogen-bond acceptors (Lipinski definition) is 0. The zero-order valence-corrected chi connectivity index (χ0v) is 16.8. The Kier molecular flexibility index (Phi) is 5.04. The van der Waals surface area contributed by atoms with Gasteiger partial charge in [-0.15, -0.1) is 0 Å². The molecule has 0 aliphatic carbocycles. The Morgan fingerprint density at radius 1 is 0.353 bits per heavy atom. The smallest absolute Gasteiger partial charge is 0.200 e. The lowest BCUT2D eigenvalue weighted by Crippen LogP contribution is -2.05. The van der Waals surface area contributed by atoms with Crippen LogP contribution in [0.1, 0.15) is 0 Å². The molecule has 0 saturated heterocycles. The molecule has 0 unspecified atom stereocenters. The normalized spacial score (nSPS) is 11.5. The van der Waals surface area contributed by atoms with E-state index in [0.717, 1.165) is 12.1 Å². The Hall–Kier alpha value is -3.94. The topological polar surface area (TPSA) is 0 Å². The maximum absolute atomic E-state index is 14.9. The quantitative estimate of drug-likeness (QED) is 0.104. The Morgan fingerprint density at radius 2 is 0.706 bits per heavy atom. The summed E-state index contributed by atoms with van der Waals surface area (Å²) < 4.78 is 113. The summed E-state index contributed by atoms with van der Waals surface area (Å²) in [6.45, 7) is 0. The van der Waals surface area contributed by atoms with Crippen molar-refractivity contribution in [3.8, 4) is 22.3 Å². The molecule has 5 aromatic rings. The van der Waals surface area contributed by atoms with E-state index in [2.05, 4.69) is 0 Å². The van der Waals surface area contributed by atoms with Crippen molar-refractivity contribution in [2.75, 3.05) is 0 Å². The number of benzene rings is 5. The van der Waals surface area contributed by atoms with Gasteiger partial charge in [0.05, 0.1) is 5.56 Å². The summed E-state index contributed by atoms with van der Waals surface area (Å²) in [6.07, 6.45) is 0. The van der Waals surface area contributed by atoms with Crippen molar-refractivity contribution in [3.05, 3.63) is 107 Å². The van der Waals surface area contributed by atoms with Gasteiger partial charge in [0.2, 0.25) is 5.82 Å². The fourth-order valence-corrected chi connectivity index (χ4v) is 4.23. The van der Waals surface area contributed by atoms with Crippen molar-refractivity contribution in [3.63, 3.8) is 0 Å². The first-order valence-corrected chi connectivity index (χ1v) is 9.82. The predicted molar refractivity (Wildman–Crippen MR) is 112 cm³/mol. The molecule has 0 nitrogen and oxygen atoms in total. The standard InChI is InChI=1S/C26H10F8/c27-16-9-11(10-17(28)21(16)29)18-12-5-1-3-7-14(12)19(15-8-4-2-6-13(15)18)20-22(30)24(32)26(34)25(33)23(20)31/h1-10H. The van der Waals surface area contributed by atoms with E-state index in [-0.39, 0.29) is 38.2 Å². The maximum atomic E-state index is 14.9. The third-order valence-corrected chi connectivity index (χ3v) is 5.66. The number of fused-ring (bicyclic) bond motifs is 2. The molecule has 170 valence electrons. The van der Waals surface area contributed by atoms with Gasteiger partial charge in [-0.25, -0.2) is 35.1 Å². The number of hydrogen-bond donors (Lipinski definition) is 0. The van der Waals surface area contributed by atoms with Crippen molar-refractivity contribution >= 4 is 21.5 Å². The summed E-state index contributed by atoms with van der Waals surface area (Å²) >= 11 is 0.